The van der Waals surface area contributed by atoms with Crippen molar-refractivity contribution in [3.63, 3.8) is 0 Å². The Morgan fingerprint density at radius 3 is 2.52 bits per heavy atom. The molecule has 0 atom stereocenters. The lowest BCUT2D eigenvalue weighted by Crippen LogP contribution is -2.02. The lowest BCUT2D eigenvalue weighted by Gasteiger charge is -2.04. The van der Waals surface area contributed by atoms with Crippen molar-refractivity contribution >= 4 is 17.4 Å². The minimum Gasteiger partial charge on any atom is -0.382 e. The Hall–Kier alpha value is -2.77. The number of nitriles is 1. The number of nitrogens with two attached hydrogens (primary N) is 1. The minimum absolute atomic E-state index is 0.310. The Balaban J connectivity index is 2.24. The van der Waals surface area contributed by atoms with E-state index < -0.39 is 0 Å². The topological polar surface area (TPSA) is 67.6 Å². The Bertz CT molecular complexity index is 935. The van der Waals surface area contributed by atoms with Gasteiger partial charge in [0.2, 0.25) is 0 Å². The summed E-state index contributed by atoms with van der Waals surface area (Å²) in [6.07, 6.45) is 0. The molecule has 0 amide bonds. The van der Waals surface area contributed by atoms with E-state index in [1.54, 1.807) is 4.68 Å². The van der Waals surface area contributed by atoms with Gasteiger partial charge in [0, 0.05) is 5.56 Å². The van der Waals surface area contributed by atoms with Gasteiger partial charge in [0.15, 0.2) is 0 Å². The zero-order valence-electron chi connectivity index (χ0n) is 12.8. The average molecular weight is 323 g/mol. The van der Waals surface area contributed by atoms with E-state index in [1.165, 1.54) is 0 Å². The van der Waals surface area contributed by atoms with Crippen LogP contribution in [0.5, 0.6) is 0 Å². The van der Waals surface area contributed by atoms with Gasteiger partial charge >= 0.3 is 0 Å². The van der Waals surface area contributed by atoms with Crippen LogP contribution >= 0.6 is 11.6 Å². The standard InChI is InChI=1S/C18H15ClN4/c1-11-4-3-5-13(8-11)23-18(21)15(10-20)17(22-23)14-7-6-12(2)9-16(14)19/h3-9H,21H2,1-2H3. The SMILES string of the molecule is Cc1cccc(-n2nc(-c3ccc(C)cc3Cl)c(C#N)c2N)c1. The number of anilines is 1. The molecule has 0 spiro atoms. The number of nitrogens with zero attached hydrogens (tertiary/aromatic N) is 3. The Kier molecular flexibility index (Phi) is 3.81. The number of hydrogen-bond acceptors (Lipinski definition) is 3. The van der Waals surface area contributed by atoms with Gasteiger partial charge in [-0.3, -0.25) is 0 Å². The smallest absolute Gasteiger partial charge is 0.145 e. The van der Waals surface area contributed by atoms with Crippen LogP contribution in [0, 0.1) is 25.2 Å². The molecule has 0 radical (unpaired) electrons. The molecule has 0 aliphatic heterocycles. The molecule has 114 valence electrons. The lowest BCUT2D eigenvalue weighted by atomic mass is 10.1. The van der Waals surface area contributed by atoms with Gasteiger partial charge in [-0.15, -0.1) is 0 Å². The van der Waals surface area contributed by atoms with Gasteiger partial charge in [-0.1, -0.05) is 35.9 Å². The number of aromatic nitrogens is 2. The first-order valence-electron chi connectivity index (χ1n) is 7.13. The van der Waals surface area contributed by atoms with E-state index in [-0.39, 0.29) is 0 Å². The van der Waals surface area contributed by atoms with Gasteiger partial charge < -0.3 is 5.73 Å². The molecule has 2 N–H and O–H groups in total. The molecule has 5 heteroatoms. The fraction of sp³-hybridized carbons (Fsp3) is 0.111. The third kappa shape index (κ3) is 2.67. The molecule has 1 aromatic heterocycles. The van der Waals surface area contributed by atoms with Gasteiger partial charge in [-0.2, -0.15) is 10.4 Å². The van der Waals surface area contributed by atoms with Crippen molar-refractivity contribution in [2.75, 3.05) is 5.73 Å². The summed E-state index contributed by atoms with van der Waals surface area (Å²) in [5.41, 5.74) is 10.6. The first-order chi connectivity index (χ1) is 11.0. The molecule has 4 nitrogen and oxygen atoms in total. The normalized spacial score (nSPS) is 10.5. The maximum Gasteiger partial charge on any atom is 0.145 e. The van der Waals surface area contributed by atoms with Crippen LogP contribution in [-0.4, -0.2) is 9.78 Å². The zero-order chi connectivity index (χ0) is 16.6. The summed E-state index contributed by atoms with van der Waals surface area (Å²) in [7, 11) is 0. The molecule has 0 bridgehead atoms. The van der Waals surface area contributed by atoms with Crippen molar-refractivity contribution in [3.05, 3.63) is 64.2 Å². The molecule has 0 aliphatic rings. The largest absolute Gasteiger partial charge is 0.382 e. The van der Waals surface area contributed by atoms with Gasteiger partial charge in [0.25, 0.3) is 0 Å². The molecule has 0 saturated carbocycles. The van der Waals surface area contributed by atoms with Crippen molar-refractivity contribution in [1.82, 2.24) is 9.78 Å². The van der Waals surface area contributed by atoms with E-state index in [0.717, 1.165) is 16.8 Å². The predicted molar refractivity (Wildman–Crippen MR) is 92.6 cm³/mol. The fourth-order valence-corrected chi connectivity index (χ4v) is 2.82. The average Bonchev–Trinajstić information content (AvgIpc) is 2.84. The molecule has 23 heavy (non-hydrogen) atoms. The maximum absolute atomic E-state index is 9.49. The Labute approximate surface area is 139 Å². The number of benzene rings is 2. The van der Waals surface area contributed by atoms with Gasteiger partial charge in [-0.25, -0.2) is 4.68 Å². The van der Waals surface area contributed by atoms with Crippen LogP contribution in [0.2, 0.25) is 5.02 Å². The summed E-state index contributed by atoms with van der Waals surface area (Å²) >= 11 is 6.33. The number of nitrogen functional groups attached to an aromatic ring is 1. The van der Waals surface area contributed by atoms with Crippen LogP contribution in [0.1, 0.15) is 16.7 Å². The molecular weight excluding hydrogens is 308 g/mol. The van der Waals surface area contributed by atoms with Crippen molar-refractivity contribution in [1.29, 1.82) is 5.26 Å². The van der Waals surface area contributed by atoms with E-state index in [9.17, 15) is 5.26 Å². The molecule has 0 saturated heterocycles. The van der Waals surface area contributed by atoms with Gasteiger partial charge in [-0.05, 0) is 43.2 Å². The predicted octanol–water partition coefficient (Wildman–Crippen LogP) is 4.26. The lowest BCUT2D eigenvalue weighted by molar-refractivity contribution is 0.893. The van der Waals surface area contributed by atoms with E-state index in [1.807, 2.05) is 56.3 Å². The van der Waals surface area contributed by atoms with Crippen molar-refractivity contribution < 1.29 is 0 Å². The van der Waals surface area contributed by atoms with E-state index >= 15 is 0 Å². The molecule has 3 rings (SSSR count). The zero-order valence-corrected chi connectivity index (χ0v) is 13.6. The van der Waals surface area contributed by atoms with E-state index in [0.29, 0.717) is 27.7 Å². The third-order valence-electron chi connectivity index (χ3n) is 3.66. The van der Waals surface area contributed by atoms with Gasteiger partial charge in [0.1, 0.15) is 23.1 Å². The summed E-state index contributed by atoms with van der Waals surface area (Å²) in [5, 5.41) is 14.6. The molecule has 0 fully saturated rings. The van der Waals surface area contributed by atoms with E-state index in [4.69, 9.17) is 17.3 Å². The highest BCUT2D eigenvalue weighted by Crippen LogP contribution is 2.33. The molecule has 3 aromatic rings. The molecule has 2 aromatic carbocycles. The third-order valence-corrected chi connectivity index (χ3v) is 3.97. The summed E-state index contributed by atoms with van der Waals surface area (Å²) < 4.78 is 1.58. The second kappa shape index (κ2) is 5.79. The van der Waals surface area contributed by atoms with Crippen LogP contribution in [0.25, 0.3) is 16.9 Å². The monoisotopic (exact) mass is 322 g/mol. The fourth-order valence-electron chi connectivity index (χ4n) is 2.50. The highest BCUT2D eigenvalue weighted by molar-refractivity contribution is 6.33. The van der Waals surface area contributed by atoms with Crippen molar-refractivity contribution in [2.45, 2.75) is 13.8 Å². The maximum atomic E-state index is 9.49. The number of halogens is 1. The Morgan fingerprint density at radius 2 is 1.87 bits per heavy atom. The van der Waals surface area contributed by atoms with Crippen molar-refractivity contribution in [3.8, 4) is 23.0 Å². The van der Waals surface area contributed by atoms with Crippen LogP contribution < -0.4 is 5.73 Å². The molecule has 0 aliphatic carbocycles. The Morgan fingerprint density at radius 1 is 1.13 bits per heavy atom. The van der Waals surface area contributed by atoms with Crippen LogP contribution in [0.3, 0.4) is 0 Å². The quantitative estimate of drug-likeness (QED) is 0.766. The number of hydrogen-bond donors (Lipinski definition) is 1. The highest BCUT2D eigenvalue weighted by atomic mass is 35.5. The summed E-state index contributed by atoms with van der Waals surface area (Å²) in [6, 6.07) is 15.6. The first kappa shape index (κ1) is 15.1. The van der Waals surface area contributed by atoms with E-state index in [2.05, 4.69) is 11.2 Å². The minimum atomic E-state index is 0.310. The van der Waals surface area contributed by atoms with Crippen LogP contribution in [0.15, 0.2) is 42.5 Å². The van der Waals surface area contributed by atoms with Crippen LogP contribution in [-0.2, 0) is 0 Å². The first-order valence-corrected chi connectivity index (χ1v) is 7.51. The molecule has 0 unspecified atom stereocenters. The summed E-state index contributed by atoms with van der Waals surface area (Å²) in [6.45, 7) is 3.95. The second-order valence-corrected chi connectivity index (χ2v) is 5.86. The highest BCUT2D eigenvalue weighted by Gasteiger charge is 2.19. The van der Waals surface area contributed by atoms with Gasteiger partial charge in [0.05, 0.1) is 10.7 Å². The molecular formula is C18H15ClN4. The second-order valence-electron chi connectivity index (χ2n) is 5.45. The molecule has 1 heterocycles. The summed E-state index contributed by atoms with van der Waals surface area (Å²) in [5.74, 6) is 0.310. The summed E-state index contributed by atoms with van der Waals surface area (Å²) in [4.78, 5) is 0. The number of aryl methyl sites for hydroxylation is 2. The van der Waals surface area contributed by atoms with Crippen molar-refractivity contribution in [2.24, 2.45) is 0 Å². The van der Waals surface area contributed by atoms with Crippen LogP contribution in [0.4, 0.5) is 5.82 Å². The number of rotatable bonds is 2.